The van der Waals surface area contributed by atoms with Gasteiger partial charge in [-0.3, -0.25) is 24.7 Å². The number of carbonyl (C=O) groups is 1. The first-order valence-corrected chi connectivity index (χ1v) is 10.5. The number of halogens is 1. The van der Waals surface area contributed by atoms with E-state index in [1.165, 1.54) is 18.2 Å². The van der Waals surface area contributed by atoms with E-state index in [-0.39, 0.29) is 24.2 Å². The summed E-state index contributed by atoms with van der Waals surface area (Å²) in [4.78, 5) is 27.7. The van der Waals surface area contributed by atoms with Gasteiger partial charge in [-0.05, 0) is 36.4 Å². The second kappa shape index (κ2) is 9.38. The molecule has 0 aromatic heterocycles. The minimum atomic E-state index is -0.458. The van der Waals surface area contributed by atoms with Crippen LogP contribution in [-0.2, 0) is 11.3 Å². The van der Waals surface area contributed by atoms with E-state index in [9.17, 15) is 14.9 Å². The molecule has 7 nitrogen and oxygen atoms in total. The van der Waals surface area contributed by atoms with Crippen molar-refractivity contribution in [3.05, 3.63) is 99.1 Å². The van der Waals surface area contributed by atoms with Crippen molar-refractivity contribution in [2.24, 2.45) is 0 Å². The van der Waals surface area contributed by atoms with Crippen LogP contribution in [0.2, 0.25) is 5.02 Å². The van der Waals surface area contributed by atoms with Crippen molar-refractivity contribution in [1.29, 1.82) is 0 Å². The Kier molecular flexibility index (Phi) is 6.39. The highest BCUT2D eigenvalue weighted by Gasteiger charge is 2.33. The predicted octanol–water partition coefficient (Wildman–Crippen LogP) is 4.85. The molecule has 0 saturated heterocycles. The minimum Gasteiger partial charge on any atom is -0.489 e. The monoisotopic (exact) mass is 451 g/mol. The number of nitro groups is 1. The number of carbonyl (C=O) groups excluding carboxylic acids is 1. The Hall–Kier alpha value is -3.42. The summed E-state index contributed by atoms with van der Waals surface area (Å²) in [7, 11) is 1.79. The zero-order valence-corrected chi connectivity index (χ0v) is 18.2. The number of fused-ring (bicyclic) bond motifs is 1. The molecule has 3 aromatic rings. The van der Waals surface area contributed by atoms with Crippen molar-refractivity contribution < 1.29 is 14.5 Å². The molecule has 0 radical (unpaired) electrons. The second-order valence-electron chi connectivity index (χ2n) is 7.67. The number of benzene rings is 3. The summed E-state index contributed by atoms with van der Waals surface area (Å²) in [5, 5.41) is 11.5. The molecule has 4 rings (SSSR count). The van der Waals surface area contributed by atoms with Gasteiger partial charge < -0.3 is 4.74 Å². The smallest absolute Gasteiger partial charge is 0.269 e. The van der Waals surface area contributed by atoms with Crippen LogP contribution in [0.3, 0.4) is 0 Å². The van der Waals surface area contributed by atoms with E-state index in [4.69, 9.17) is 16.3 Å². The Morgan fingerprint density at radius 1 is 1.16 bits per heavy atom. The van der Waals surface area contributed by atoms with E-state index < -0.39 is 4.92 Å². The predicted molar refractivity (Wildman–Crippen MR) is 123 cm³/mol. The fourth-order valence-electron chi connectivity index (χ4n) is 3.87. The maximum absolute atomic E-state index is 13.5. The first kappa shape index (κ1) is 21.8. The zero-order valence-electron chi connectivity index (χ0n) is 17.5. The molecule has 0 aliphatic carbocycles. The highest BCUT2D eigenvalue weighted by molar-refractivity contribution is 6.31. The maximum atomic E-state index is 13.5. The van der Waals surface area contributed by atoms with Crippen LogP contribution in [-0.4, -0.2) is 35.9 Å². The lowest BCUT2D eigenvalue weighted by Gasteiger charge is -2.38. The average Bonchev–Trinajstić information content (AvgIpc) is 2.80. The van der Waals surface area contributed by atoms with Crippen LogP contribution in [0.5, 0.6) is 5.75 Å². The van der Waals surface area contributed by atoms with Gasteiger partial charge in [0.1, 0.15) is 12.4 Å². The molecule has 32 heavy (non-hydrogen) atoms. The molecular weight excluding hydrogens is 430 g/mol. The molecule has 1 aliphatic heterocycles. The zero-order chi connectivity index (χ0) is 22.7. The van der Waals surface area contributed by atoms with Crippen LogP contribution in [0, 0.1) is 10.1 Å². The van der Waals surface area contributed by atoms with Crippen LogP contribution in [0.1, 0.15) is 17.2 Å². The quantitative estimate of drug-likeness (QED) is 0.395. The van der Waals surface area contributed by atoms with E-state index in [0.29, 0.717) is 29.5 Å². The third-order valence-corrected chi connectivity index (χ3v) is 5.74. The molecule has 8 heteroatoms. The second-order valence-corrected chi connectivity index (χ2v) is 8.08. The van der Waals surface area contributed by atoms with Gasteiger partial charge >= 0.3 is 0 Å². The van der Waals surface area contributed by atoms with Gasteiger partial charge in [0.2, 0.25) is 5.91 Å². The summed E-state index contributed by atoms with van der Waals surface area (Å²) in [6.45, 7) is 0.762. The summed E-state index contributed by atoms with van der Waals surface area (Å²) in [6.07, 6.45) is 0. The summed E-state index contributed by atoms with van der Waals surface area (Å²) in [5.74, 6) is 0.566. The number of non-ortho nitro benzene ring substituents is 1. The number of hydrogen-bond donors (Lipinski definition) is 0. The largest absolute Gasteiger partial charge is 0.489 e. The molecule has 0 N–H and O–H groups in total. The molecule has 164 valence electrons. The van der Waals surface area contributed by atoms with Crippen LogP contribution in [0.15, 0.2) is 72.8 Å². The molecule has 0 spiro atoms. The summed E-state index contributed by atoms with van der Waals surface area (Å²) in [5.41, 5.74) is 2.27. The number of hydrogen-bond acceptors (Lipinski definition) is 5. The SMILES string of the molecule is CN(CC(=O)N1c2ccccc2OCC1c1ccccc1)Cc1cc([N+](=O)[O-])ccc1Cl. The normalized spacial score (nSPS) is 15.2. The van der Waals surface area contributed by atoms with Gasteiger partial charge in [-0.15, -0.1) is 0 Å². The van der Waals surface area contributed by atoms with Gasteiger partial charge in [0.25, 0.3) is 5.69 Å². The Morgan fingerprint density at radius 3 is 2.62 bits per heavy atom. The highest BCUT2D eigenvalue weighted by Crippen LogP contribution is 2.39. The van der Waals surface area contributed by atoms with Crippen LogP contribution in [0.4, 0.5) is 11.4 Å². The Bertz CT molecular complexity index is 1140. The van der Waals surface area contributed by atoms with Crippen molar-refractivity contribution in [3.63, 3.8) is 0 Å². The third-order valence-electron chi connectivity index (χ3n) is 5.37. The van der Waals surface area contributed by atoms with Crippen LogP contribution >= 0.6 is 11.6 Å². The van der Waals surface area contributed by atoms with E-state index >= 15 is 0 Å². The number of ether oxygens (including phenoxy) is 1. The molecule has 1 aliphatic rings. The van der Waals surface area contributed by atoms with Crippen LogP contribution in [0.25, 0.3) is 0 Å². The Labute approximate surface area is 190 Å². The van der Waals surface area contributed by atoms with Crippen LogP contribution < -0.4 is 9.64 Å². The van der Waals surface area contributed by atoms with Gasteiger partial charge in [-0.1, -0.05) is 54.1 Å². The number of nitro benzene ring substituents is 1. The lowest BCUT2D eigenvalue weighted by Crippen LogP contribution is -2.45. The average molecular weight is 452 g/mol. The molecule has 1 atom stereocenters. The van der Waals surface area contributed by atoms with Crippen molar-refractivity contribution in [2.45, 2.75) is 12.6 Å². The first-order chi connectivity index (χ1) is 15.4. The fourth-order valence-corrected chi connectivity index (χ4v) is 4.04. The number of likely N-dealkylation sites (N-methyl/N-ethyl adjacent to an activating group) is 1. The molecule has 3 aromatic carbocycles. The van der Waals surface area contributed by atoms with Gasteiger partial charge in [-0.2, -0.15) is 0 Å². The molecule has 1 heterocycles. The molecule has 0 bridgehead atoms. The van der Waals surface area contributed by atoms with Gasteiger partial charge in [0.15, 0.2) is 0 Å². The Morgan fingerprint density at radius 2 is 1.88 bits per heavy atom. The first-order valence-electron chi connectivity index (χ1n) is 10.1. The van der Waals surface area contributed by atoms with Crippen molar-refractivity contribution >= 4 is 28.9 Å². The number of anilines is 1. The molecule has 0 fully saturated rings. The van der Waals surface area contributed by atoms with Crippen molar-refractivity contribution in [1.82, 2.24) is 4.90 Å². The topological polar surface area (TPSA) is 75.9 Å². The maximum Gasteiger partial charge on any atom is 0.269 e. The molecule has 0 saturated carbocycles. The standard InChI is InChI=1S/C24H22ClN3O4/c1-26(14-18-13-19(28(30)31)11-12-20(18)25)15-24(29)27-21-9-5-6-10-23(21)32-16-22(27)17-7-3-2-4-8-17/h2-13,22H,14-16H2,1H3. The van der Waals surface area contributed by atoms with Gasteiger partial charge in [-0.25, -0.2) is 0 Å². The van der Waals surface area contributed by atoms with E-state index in [1.54, 1.807) is 16.8 Å². The fraction of sp³-hybridized carbons (Fsp3) is 0.208. The third kappa shape index (κ3) is 4.59. The summed E-state index contributed by atoms with van der Waals surface area (Å²) >= 11 is 6.24. The van der Waals surface area contributed by atoms with E-state index in [1.807, 2.05) is 54.6 Å². The van der Waals surface area contributed by atoms with E-state index in [2.05, 4.69) is 0 Å². The van der Waals surface area contributed by atoms with E-state index in [0.717, 1.165) is 11.3 Å². The summed E-state index contributed by atoms with van der Waals surface area (Å²) in [6, 6.07) is 21.3. The highest BCUT2D eigenvalue weighted by atomic mass is 35.5. The summed E-state index contributed by atoms with van der Waals surface area (Å²) < 4.78 is 5.93. The minimum absolute atomic E-state index is 0.0321. The Balaban J connectivity index is 1.57. The molecule has 1 amide bonds. The number of amides is 1. The number of nitrogens with zero attached hydrogens (tertiary/aromatic N) is 3. The van der Waals surface area contributed by atoms with Gasteiger partial charge in [0, 0.05) is 23.7 Å². The van der Waals surface area contributed by atoms with Crippen molar-refractivity contribution in [3.8, 4) is 5.75 Å². The molecule has 1 unspecified atom stereocenters. The number of para-hydroxylation sites is 2. The molecular formula is C24H22ClN3O4. The van der Waals surface area contributed by atoms with Crippen molar-refractivity contribution in [2.75, 3.05) is 25.1 Å². The lowest BCUT2D eigenvalue weighted by atomic mass is 10.0. The van der Waals surface area contributed by atoms with Gasteiger partial charge in [0.05, 0.1) is 23.2 Å². The number of rotatable bonds is 6. The lowest BCUT2D eigenvalue weighted by molar-refractivity contribution is -0.384.